The van der Waals surface area contributed by atoms with E-state index >= 15 is 0 Å². The van der Waals surface area contributed by atoms with E-state index in [1.54, 1.807) is 6.07 Å². The van der Waals surface area contributed by atoms with Gasteiger partial charge in [-0.15, -0.1) is 11.6 Å². The van der Waals surface area contributed by atoms with Crippen molar-refractivity contribution in [3.63, 3.8) is 0 Å². The summed E-state index contributed by atoms with van der Waals surface area (Å²) in [7, 11) is -3.53. The fourth-order valence-corrected chi connectivity index (χ4v) is 5.55. The Bertz CT molecular complexity index is 1560. The Labute approximate surface area is 251 Å². The number of halogens is 2. The summed E-state index contributed by atoms with van der Waals surface area (Å²) in [5.41, 5.74) is 4.21. The van der Waals surface area contributed by atoms with Crippen LogP contribution in [0.3, 0.4) is 0 Å². The third-order valence-corrected chi connectivity index (χ3v) is 8.10. The molecule has 0 spiro atoms. The topological polar surface area (TPSA) is 117 Å². The number of ether oxygens (including phenoxy) is 2. The lowest BCUT2D eigenvalue weighted by Gasteiger charge is -2.28. The number of hydrogen-bond acceptors (Lipinski definition) is 8. The lowest BCUT2D eigenvalue weighted by atomic mass is 9.77. The van der Waals surface area contributed by atoms with Gasteiger partial charge >= 0.3 is 0 Å². The van der Waals surface area contributed by atoms with E-state index in [-0.39, 0.29) is 19.2 Å². The number of likely N-dealkylation sites (N-methyl/N-ethyl adjacent to an activating group) is 1. The summed E-state index contributed by atoms with van der Waals surface area (Å²) < 4.78 is 37.8. The molecule has 0 bridgehead atoms. The van der Waals surface area contributed by atoms with Crippen LogP contribution in [0.2, 0.25) is 5.02 Å². The first kappa shape index (κ1) is 30.8. The Balaban J connectivity index is 1.55. The van der Waals surface area contributed by atoms with Crippen LogP contribution in [0, 0.1) is 11.3 Å². The highest BCUT2D eigenvalue weighted by molar-refractivity contribution is 7.91. The Hall–Kier alpha value is -3.10. The molecule has 1 N–H and O–H groups in total. The summed E-state index contributed by atoms with van der Waals surface area (Å²) in [6.07, 6.45) is 1.84. The van der Waals surface area contributed by atoms with Crippen molar-refractivity contribution in [1.82, 2.24) is 14.9 Å². The van der Waals surface area contributed by atoms with Gasteiger partial charge in [-0.1, -0.05) is 44.5 Å². The van der Waals surface area contributed by atoms with Crippen molar-refractivity contribution in [3.05, 3.63) is 75.1 Å². The number of nitrogens with one attached hydrogen (secondary N) is 1. The minimum atomic E-state index is -3.53. The van der Waals surface area contributed by atoms with E-state index in [9.17, 15) is 13.7 Å². The first-order valence-electron chi connectivity index (χ1n) is 13.2. The van der Waals surface area contributed by atoms with Gasteiger partial charge in [0.2, 0.25) is 16.0 Å². The molecular formula is C29H33Cl2N5O4S. The number of anilines is 1. The van der Waals surface area contributed by atoms with Gasteiger partial charge in [0, 0.05) is 24.1 Å². The molecule has 2 aromatic carbocycles. The molecular weight excluding hydrogens is 585 g/mol. The van der Waals surface area contributed by atoms with E-state index in [2.05, 4.69) is 46.4 Å². The summed E-state index contributed by atoms with van der Waals surface area (Å²) in [6, 6.07) is 13.5. The standard InChI is InChI=1S/C29H33Cl2N5O4S/c1-5-36-12-10-23-25(17-36)33-28(35-41(4,37)38)34-26(23)18-40-22-8-6-20(7-9-22)29(2,3)21-14-19(16-32)27(24(31)15-21)39-13-11-30/h6-9,14-15H,5,10-13,17-18H2,1-4H3,(H,33,34,35). The summed E-state index contributed by atoms with van der Waals surface area (Å²) >= 11 is 12.2. The van der Waals surface area contributed by atoms with Gasteiger partial charge in [0.05, 0.1) is 34.1 Å². The molecule has 3 aromatic rings. The second-order valence-corrected chi connectivity index (χ2v) is 12.9. The zero-order chi connectivity index (χ0) is 29.8. The van der Waals surface area contributed by atoms with Gasteiger partial charge in [-0.25, -0.2) is 18.4 Å². The first-order chi connectivity index (χ1) is 19.4. The van der Waals surface area contributed by atoms with Crippen LogP contribution in [0.25, 0.3) is 0 Å². The van der Waals surface area contributed by atoms with Crippen molar-refractivity contribution in [1.29, 1.82) is 5.26 Å². The predicted molar refractivity (Wildman–Crippen MR) is 160 cm³/mol. The number of nitriles is 1. The van der Waals surface area contributed by atoms with E-state index in [1.807, 2.05) is 30.3 Å². The van der Waals surface area contributed by atoms with Crippen LogP contribution in [0.1, 0.15) is 54.4 Å². The molecule has 1 aliphatic rings. The molecule has 12 heteroatoms. The van der Waals surface area contributed by atoms with Crippen LogP contribution in [0.15, 0.2) is 36.4 Å². The number of sulfonamides is 1. The lowest BCUT2D eigenvalue weighted by molar-refractivity contribution is 0.257. The summed E-state index contributed by atoms with van der Waals surface area (Å²) in [5, 5.41) is 10.0. The quantitative estimate of drug-likeness (QED) is 0.289. The Morgan fingerprint density at radius 2 is 1.88 bits per heavy atom. The fraction of sp³-hybridized carbons (Fsp3) is 0.414. The summed E-state index contributed by atoms with van der Waals surface area (Å²) in [6.45, 7) is 8.99. The van der Waals surface area contributed by atoms with Gasteiger partial charge in [0.25, 0.3) is 0 Å². The number of alkyl halides is 1. The zero-order valence-electron chi connectivity index (χ0n) is 23.5. The number of fused-ring (bicyclic) bond motifs is 1. The highest BCUT2D eigenvalue weighted by Gasteiger charge is 2.27. The maximum Gasteiger partial charge on any atom is 0.237 e. The van der Waals surface area contributed by atoms with Crippen LogP contribution in [0.5, 0.6) is 11.5 Å². The number of aromatic nitrogens is 2. The fourth-order valence-electron chi connectivity index (χ4n) is 4.77. The maximum atomic E-state index is 11.8. The van der Waals surface area contributed by atoms with Crippen molar-refractivity contribution in [3.8, 4) is 17.6 Å². The van der Waals surface area contributed by atoms with Gasteiger partial charge in [-0.05, 0) is 48.4 Å². The van der Waals surface area contributed by atoms with Crippen molar-refractivity contribution < 1.29 is 17.9 Å². The summed E-state index contributed by atoms with van der Waals surface area (Å²) in [5.74, 6) is 1.32. The molecule has 0 radical (unpaired) electrons. The molecule has 0 amide bonds. The molecule has 9 nitrogen and oxygen atoms in total. The van der Waals surface area contributed by atoms with Crippen LogP contribution < -0.4 is 14.2 Å². The molecule has 4 rings (SSSR count). The molecule has 0 fully saturated rings. The number of nitrogens with zero attached hydrogens (tertiary/aromatic N) is 4. The molecule has 0 atom stereocenters. The second kappa shape index (κ2) is 12.8. The Morgan fingerprint density at radius 1 is 1.15 bits per heavy atom. The van der Waals surface area contributed by atoms with Crippen LogP contribution in [0.4, 0.5) is 5.95 Å². The van der Waals surface area contributed by atoms with E-state index in [0.29, 0.717) is 40.2 Å². The van der Waals surface area contributed by atoms with Gasteiger partial charge in [0.1, 0.15) is 25.0 Å². The third kappa shape index (κ3) is 7.41. The highest BCUT2D eigenvalue weighted by Crippen LogP contribution is 2.38. The molecule has 41 heavy (non-hydrogen) atoms. The Morgan fingerprint density at radius 3 is 2.51 bits per heavy atom. The highest BCUT2D eigenvalue weighted by atomic mass is 35.5. The monoisotopic (exact) mass is 617 g/mol. The largest absolute Gasteiger partial charge is 0.489 e. The van der Waals surface area contributed by atoms with Crippen LogP contribution >= 0.6 is 23.2 Å². The molecule has 0 saturated heterocycles. The maximum absolute atomic E-state index is 11.8. The average molecular weight is 619 g/mol. The normalized spacial score (nSPS) is 13.8. The van der Waals surface area contributed by atoms with E-state index in [0.717, 1.165) is 48.2 Å². The van der Waals surface area contributed by atoms with Crippen molar-refractivity contribution >= 4 is 39.2 Å². The zero-order valence-corrected chi connectivity index (χ0v) is 25.8. The SMILES string of the molecule is CCN1CCc2c(COc3ccc(C(C)(C)c4cc(Cl)c(OCCCl)c(C#N)c4)cc3)nc(NS(C)(=O)=O)nc2C1. The molecule has 1 aromatic heterocycles. The molecule has 1 aliphatic heterocycles. The van der Waals surface area contributed by atoms with Crippen molar-refractivity contribution in [2.75, 3.05) is 36.6 Å². The van der Waals surface area contributed by atoms with Crippen molar-refractivity contribution in [2.24, 2.45) is 0 Å². The first-order valence-corrected chi connectivity index (χ1v) is 16.0. The van der Waals surface area contributed by atoms with Gasteiger partial charge in [-0.3, -0.25) is 9.62 Å². The molecule has 218 valence electrons. The molecule has 0 saturated carbocycles. The average Bonchev–Trinajstić information content (AvgIpc) is 2.93. The number of benzene rings is 2. The second-order valence-electron chi connectivity index (χ2n) is 10.3. The van der Waals surface area contributed by atoms with E-state index in [4.69, 9.17) is 32.7 Å². The smallest absolute Gasteiger partial charge is 0.237 e. The van der Waals surface area contributed by atoms with E-state index in [1.165, 1.54) is 0 Å². The number of rotatable bonds is 11. The summed E-state index contributed by atoms with van der Waals surface area (Å²) in [4.78, 5) is 11.2. The minimum Gasteiger partial charge on any atom is -0.489 e. The lowest BCUT2D eigenvalue weighted by Crippen LogP contribution is -2.32. The van der Waals surface area contributed by atoms with Crippen molar-refractivity contribution in [2.45, 2.75) is 45.8 Å². The van der Waals surface area contributed by atoms with Crippen LogP contribution in [-0.4, -0.2) is 55.1 Å². The van der Waals surface area contributed by atoms with Gasteiger partial charge < -0.3 is 9.47 Å². The van der Waals surface area contributed by atoms with Gasteiger partial charge in [-0.2, -0.15) is 5.26 Å². The molecule has 0 unspecified atom stereocenters. The van der Waals surface area contributed by atoms with E-state index < -0.39 is 15.4 Å². The third-order valence-electron chi connectivity index (χ3n) is 7.11. The molecule has 0 aliphatic carbocycles. The van der Waals surface area contributed by atoms with Crippen LogP contribution in [-0.2, 0) is 35.0 Å². The Kier molecular flexibility index (Phi) is 9.65. The van der Waals surface area contributed by atoms with Gasteiger partial charge in [0.15, 0.2) is 5.75 Å². The molecule has 2 heterocycles. The number of hydrogen-bond donors (Lipinski definition) is 1. The predicted octanol–water partition coefficient (Wildman–Crippen LogP) is 5.27. The minimum absolute atomic E-state index is 0.0503.